The molecule has 1 aliphatic carbocycles. The highest BCUT2D eigenvalue weighted by atomic mass is 32.2. The van der Waals surface area contributed by atoms with Gasteiger partial charge >= 0.3 is 0 Å². The molecule has 9 heteroatoms. The number of aromatic nitrogens is 1. The van der Waals surface area contributed by atoms with Crippen LogP contribution >= 0.6 is 11.8 Å². The van der Waals surface area contributed by atoms with Crippen LogP contribution in [0.3, 0.4) is 0 Å². The van der Waals surface area contributed by atoms with Crippen molar-refractivity contribution in [2.75, 3.05) is 46.0 Å². The maximum atomic E-state index is 12.7. The fraction of sp³-hybridized carbons (Fsp3) is 0.684. The Hall–Kier alpha value is -1.16. The second kappa shape index (κ2) is 9.56. The van der Waals surface area contributed by atoms with Crippen molar-refractivity contribution in [1.82, 2.24) is 14.2 Å². The van der Waals surface area contributed by atoms with Gasteiger partial charge in [-0.2, -0.15) is 4.31 Å². The Balaban J connectivity index is 1.54. The van der Waals surface area contributed by atoms with E-state index in [1.165, 1.54) is 46.4 Å². The minimum absolute atomic E-state index is 0.107. The number of rotatable bonds is 6. The first-order valence-corrected chi connectivity index (χ1v) is 12.5. The number of nitrogens with one attached hydrogen (secondary N) is 1. The molecule has 1 saturated heterocycles. The number of thioether (sulfide) groups is 1. The summed E-state index contributed by atoms with van der Waals surface area (Å²) in [7, 11) is 0.474. The monoisotopic (exact) mass is 427 g/mol. The Kier molecular flexibility index (Phi) is 7.36. The third-order valence-corrected chi connectivity index (χ3v) is 8.59. The van der Waals surface area contributed by atoms with Gasteiger partial charge in [0.2, 0.25) is 15.9 Å². The Morgan fingerprint density at radius 1 is 1.25 bits per heavy atom. The topological polar surface area (TPSA) is 75.0 Å². The molecule has 0 spiro atoms. The molecule has 0 atom stereocenters. The molecule has 156 valence electrons. The smallest absolute Gasteiger partial charge is 0.245 e. The van der Waals surface area contributed by atoms with Gasteiger partial charge in [-0.05, 0) is 25.0 Å². The summed E-state index contributed by atoms with van der Waals surface area (Å²) in [4.78, 5) is 20.2. The van der Waals surface area contributed by atoms with Crippen LogP contribution in [0.5, 0.6) is 0 Å². The summed E-state index contributed by atoms with van der Waals surface area (Å²) < 4.78 is 27.0. The van der Waals surface area contributed by atoms with Gasteiger partial charge < -0.3 is 9.80 Å². The number of nitrogens with zero attached hydrogens (tertiary/aromatic N) is 3. The van der Waals surface area contributed by atoms with E-state index in [2.05, 4.69) is 12.0 Å². The predicted octanol–water partition coefficient (Wildman–Crippen LogP) is 0.484. The number of pyridine rings is 1. The predicted molar refractivity (Wildman–Crippen MR) is 110 cm³/mol. The van der Waals surface area contributed by atoms with Crippen molar-refractivity contribution < 1.29 is 18.1 Å². The lowest BCUT2D eigenvalue weighted by molar-refractivity contribution is -0.883. The molecule has 0 radical (unpaired) electrons. The summed E-state index contributed by atoms with van der Waals surface area (Å²) in [6, 6.07) is 3.66. The van der Waals surface area contributed by atoms with E-state index in [9.17, 15) is 13.2 Å². The van der Waals surface area contributed by atoms with Crippen LogP contribution in [0.2, 0.25) is 0 Å². The maximum Gasteiger partial charge on any atom is 0.245 e. The van der Waals surface area contributed by atoms with Gasteiger partial charge in [0.1, 0.15) is 4.90 Å². The molecule has 2 aliphatic rings. The first-order valence-electron chi connectivity index (χ1n) is 10.0. The number of hydrogen-bond donors (Lipinski definition) is 1. The van der Waals surface area contributed by atoms with Crippen LogP contribution in [0.1, 0.15) is 32.1 Å². The van der Waals surface area contributed by atoms with Crippen LogP contribution < -0.4 is 4.90 Å². The van der Waals surface area contributed by atoms with E-state index in [1.807, 2.05) is 11.9 Å². The fourth-order valence-electron chi connectivity index (χ4n) is 3.77. The van der Waals surface area contributed by atoms with Crippen LogP contribution in [0, 0.1) is 0 Å². The molecular formula is C19H31N4O3S2+. The van der Waals surface area contributed by atoms with Crippen LogP contribution in [0.15, 0.2) is 28.3 Å². The van der Waals surface area contributed by atoms with E-state index in [4.69, 9.17) is 0 Å². The summed E-state index contributed by atoms with van der Waals surface area (Å²) in [5.41, 5.74) is 0. The number of amides is 1. The van der Waals surface area contributed by atoms with Crippen LogP contribution in [-0.4, -0.2) is 80.6 Å². The molecule has 0 bridgehead atoms. The van der Waals surface area contributed by atoms with Gasteiger partial charge in [0.15, 0.2) is 0 Å². The number of hydrogen-bond acceptors (Lipinski definition) is 5. The molecule has 1 aliphatic heterocycles. The van der Waals surface area contributed by atoms with Crippen molar-refractivity contribution in [2.24, 2.45) is 0 Å². The zero-order chi connectivity index (χ0) is 20.1. The average molecular weight is 428 g/mol. The van der Waals surface area contributed by atoms with Gasteiger partial charge in [-0.25, -0.2) is 13.4 Å². The highest BCUT2D eigenvalue weighted by Crippen LogP contribution is 2.24. The highest BCUT2D eigenvalue weighted by Gasteiger charge is 2.29. The van der Waals surface area contributed by atoms with E-state index in [1.54, 1.807) is 12.1 Å². The van der Waals surface area contributed by atoms with Gasteiger partial charge in [0.25, 0.3) is 0 Å². The lowest BCUT2D eigenvalue weighted by Crippen LogP contribution is -3.12. The second-order valence-corrected chi connectivity index (χ2v) is 10.7. The Labute approximate surface area is 172 Å². The Morgan fingerprint density at radius 2 is 1.93 bits per heavy atom. The highest BCUT2D eigenvalue weighted by molar-refractivity contribution is 7.99. The molecule has 3 rings (SSSR count). The Morgan fingerprint density at radius 3 is 2.54 bits per heavy atom. The zero-order valence-corrected chi connectivity index (χ0v) is 18.4. The van der Waals surface area contributed by atoms with Crippen molar-refractivity contribution in [3.8, 4) is 0 Å². The first-order chi connectivity index (χ1) is 13.4. The summed E-state index contributed by atoms with van der Waals surface area (Å²) >= 11 is 1.36. The molecular weight excluding hydrogens is 396 g/mol. The Bertz CT molecular complexity index is 756. The zero-order valence-electron chi connectivity index (χ0n) is 16.8. The molecule has 1 amide bonds. The molecule has 1 saturated carbocycles. The molecule has 1 aromatic rings. The number of sulfonamides is 1. The fourth-order valence-corrected chi connectivity index (χ4v) is 5.93. The van der Waals surface area contributed by atoms with Crippen LogP contribution in [0.25, 0.3) is 0 Å². The molecule has 2 heterocycles. The van der Waals surface area contributed by atoms with Gasteiger partial charge in [0.05, 0.1) is 44.0 Å². The van der Waals surface area contributed by atoms with Crippen molar-refractivity contribution in [1.29, 1.82) is 0 Å². The average Bonchev–Trinajstić information content (AvgIpc) is 2.72. The summed E-state index contributed by atoms with van der Waals surface area (Å²) in [6.07, 6.45) is 7.25. The van der Waals surface area contributed by atoms with Crippen molar-refractivity contribution in [3.63, 3.8) is 0 Å². The molecule has 1 N–H and O–H groups in total. The largest absolute Gasteiger partial charge is 0.342 e. The van der Waals surface area contributed by atoms with Crippen molar-refractivity contribution in [3.05, 3.63) is 18.3 Å². The van der Waals surface area contributed by atoms with Gasteiger partial charge in [-0.15, -0.1) is 0 Å². The van der Waals surface area contributed by atoms with Crippen LogP contribution in [0.4, 0.5) is 0 Å². The lowest BCUT2D eigenvalue weighted by Gasteiger charge is -2.31. The van der Waals surface area contributed by atoms with Crippen LogP contribution in [-0.2, 0) is 14.8 Å². The molecule has 2 fully saturated rings. The minimum atomic E-state index is -3.49. The normalized spacial score (nSPS) is 20.2. The third-order valence-electron chi connectivity index (χ3n) is 5.78. The molecule has 1 aromatic heterocycles. The number of quaternary nitrogens is 1. The van der Waals surface area contributed by atoms with E-state index in [0.717, 1.165) is 25.9 Å². The van der Waals surface area contributed by atoms with Crippen molar-refractivity contribution >= 4 is 27.7 Å². The molecule has 0 aromatic carbocycles. The summed E-state index contributed by atoms with van der Waals surface area (Å²) in [5.74, 6) is 0.434. The number of carbonyl (C=O) groups excluding carboxylic acids is 1. The van der Waals surface area contributed by atoms with E-state index in [-0.39, 0.29) is 10.8 Å². The lowest BCUT2D eigenvalue weighted by atomic mass is 9.94. The summed E-state index contributed by atoms with van der Waals surface area (Å²) in [5, 5.41) is 0.673. The number of likely N-dealkylation sites (N-methyl/N-ethyl adjacent to an activating group) is 1. The van der Waals surface area contributed by atoms with Gasteiger partial charge in [0, 0.05) is 19.3 Å². The van der Waals surface area contributed by atoms with E-state index >= 15 is 0 Å². The summed E-state index contributed by atoms with van der Waals surface area (Å²) in [6.45, 7) is 2.70. The molecule has 7 nitrogen and oxygen atoms in total. The van der Waals surface area contributed by atoms with Crippen molar-refractivity contribution in [2.45, 2.75) is 48.1 Å². The minimum Gasteiger partial charge on any atom is -0.342 e. The number of carbonyl (C=O) groups is 1. The number of piperazine rings is 1. The first kappa shape index (κ1) is 21.5. The standard InChI is InChI=1S/C19H30N4O3S2/c1-21-10-12-23(13-11-21)28(25,26)17-8-9-18(20-14-17)27-15-19(24)22(2)16-6-4-3-5-7-16/h8-9,14,16H,3-7,10-13,15H2,1-2H3/p+1. The second-order valence-electron chi connectivity index (χ2n) is 7.78. The maximum absolute atomic E-state index is 12.7. The molecule has 0 unspecified atom stereocenters. The quantitative estimate of drug-likeness (QED) is 0.669. The van der Waals surface area contributed by atoms with Gasteiger partial charge in [-0.1, -0.05) is 31.0 Å². The third kappa shape index (κ3) is 5.25. The van der Waals surface area contributed by atoms with E-state index in [0.29, 0.717) is 29.9 Å². The molecule has 28 heavy (non-hydrogen) atoms. The SMILES string of the molecule is CN(C(=O)CSc1ccc(S(=O)(=O)N2CC[NH+](C)CC2)cn1)C1CCCCC1. The van der Waals surface area contributed by atoms with E-state index < -0.39 is 10.0 Å². The van der Waals surface area contributed by atoms with Gasteiger partial charge in [-0.3, -0.25) is 4.79 Å².